The molecule has 1 amide bonds. The number of phenolic OH excluding ortho intramolecular Hbond substituents is 1. The van der Waals surface area contributed by atoms with Gasteiger partial charge >= 0.3 is 0 Å². The number of rotatable bonds is 2. The summed E-state index contributed by atoms with van der Waals surface area (Å²) in [5, 5.41) is 10.00. The molecule has 0 fully saturated rings. The lowest BCUT2D eigenvalue weighted by atomic mass is 10.0. The van der Waals surface area contributed by atoms with Crippen LogP contribution in [-0.2, 0) is 24.1 Å². The molecule has 1 aliphatic rings. The number of carbonyl (C=O) groups is 1. The first-order valence-electron chi connectivity index (χ1n) is 8.17. The molecule has 1 heterocycles. The summed E-state index contributed by atoms with van der Waals surface area (Å²) >= 11 is 0. The number of aryl methyl sites for hydroxylation is 2. The summed E-state index contributed by atoms with van der Waals surface area (Å²) in [6.45, 7) is 5.52. The molecule has 0 spiro atoms. The Kier molecular flexibility index (Phi) is 4.37. The third kappa shape index (κ3) is 3.55. The van der Waals surface area contributed by atoms with E-state index < -0.39 is 0 Å². The van der Waals surface area contributed by atoms with E-state index in [9.17, 15) is 9.90 Å². The number of amides is 1. The van der Waals surface area contributed by atoms with Crippen LogP contribution in [-0.4, -0.2) is 29.0 Å². The van der Waals surface area contributed by atoms with Crippen LogP contribution >= 0.6 is 0 Å². The van der Waals surface area contributed by atoms with Gasteiger partial charge in [-0.2, -0.15) is 0 Å². The predicted octanol–water partition coefficient (Wildman–Crippen LogP) is 3.18. The molecule has 1 N–H and O–H groups in total. The Morgan fingerprint density at radius 2 is 1.78 bits per heavy atom. The maximum atomic E-state index is 12.6. The Morgan fingerprint density at radius 1 is 1.09 bits per heavy atom. The molecule has 0 bridgehead atoms. The summed E-state index contributed by atoms with van der Waals surface area (Å²) in [6, 6.07) is 12.0. The molecule has 120 valence electrons. The molecule has 2 aromatic carbocycles. The summed E-state index contributed by atoms with van der Waals surface area (Å²) < 4.78 is 0. The molecule has 0 atom stereocenters. The number of hydrogen-bond acceptors (Lipinski definition) is 2. The fraction of sp³-hybridized carbons (Fsp3) is 0.350. The van der Waals surface area contributed by atoms with Crippen LogP contribution in [0.2, 0.25) is 0 Å². The normalized spacial score (nSPS) is 14.3. The molecular formula is C20H23NO2. The van der Waals surface area contributed by atoms with Crippen LogP contribution in [0.15, 0.2) is 36.4 Å². The zero-order valence-electron chi connectivity index (χ0n) is 13.8. The molecule has 3 rings (SSSR count). The van der Waals surface area contributed by atoms with E-state index in [0.29, 0.717) is 18.7 Å². The highest BCUT2D eigenvalue weighted by molar-refractivity contribution is 5.79. The van der Waals surface area contributed by atoms with Gasteiger partial charge in [0.05, 0.1) is 6.42 Å². The highest BCUT2D eigenvalue weighted by Gasteiger charge is 2.20. The summed E-state index contributed by atoms with van der Waals surface area (Å²) in [7, 11) is 0. The van der Waals surface area contributed by atoms with E-state index in [4.69, 9.17) is 0 Å². The Morgan fingerprint density at radius 3 is 2.52 bits per heavy atom. The van der Waals surface area contributed by atoms with E-state index in [1.165, 1.54) is 11.1 Å². The van der Waals surface area contributed by atoms with Gasteiger partial charge in [-0.15, -0.1) is 0 Å². The molecule has 3 heteroatoms. The van der Waals surface area contributed by atoms with Crippen LogP contribution in [0.25, 0.3) is 0 Å². The highest BCUT2D eigenvalue weighted by Crippen LogP contribution is 2.25. The van der Waals surface area contributed by atoms with Crippen LogP contribution in [0.4, 0.5) is 0 Å². The zero-order chi connectivity index (χ0) is 16.4. The smallest absolute Gasteiger partial charge is 0.227 e. The zero-order valence-corrected chi connectivity index (χ0v) is 13.8. The van der Waals surface area contributed by atoms with Crippen molar-refractivity contribution in [2.24, 2.45) is 0 Å². The number of hydrogen-bond donors (Lipinski definition) is 1. The SMILES string of the molecule is Cc1cc(C)cc(CC(=O)N2CCc3cccc(O)c3CC2)c1. The van der Waals surface area contributed by atoms with Crippen molar-refractivity contribution in [2.75, 3.05) is 13.1 Å². The van der Waals surface area contributed by atoms with Crippen molar-refractivity contribution in [3.05, 3.63) is 64.2 Å². The number of phenols is 1. The van der Waals surface area contributed by atoms with Gasteiger partial charge in [-0.25, -0.2) is 0 Å². The molecule has 0 unspecified atom stereocenters. The van der Waals surface area contributed by atoms with E-state index in [-0.39, 0.29) is 5.91 Å². The lowest BCUT2D eigenvalue weighted by Gasteiger charge is -2.20. The van der Waals surface area contributed by atoms with Gasteiger partial charge in [0.1, 0.15) is 5.75 Å². The first-order chi connectivity index (χ1) is 11.0. The van der Waals surface area contributed by atoms with Gasteiger partial charge in [-0.1, -0.05) is 41.5 Å². The highest BCUT2D eigenvalue weighted by atomic mass is 16.3. The van der Waals surface area contributed by atoms with Crippen molar-refractivity contribution in [1.29, 1.82) is 0 Å². The second kappa shape index (κ2) is 6.45. The lowest BCUT2D eigenvalue weighted by molar-refractivity contribution is -0.130. The lowest BCUT2D eigenvalue weighted by Crippen LogP contribution is -2.34. The molecule has 0 aromatic heterocycles. The fourth-order valence-corrected chi connectivity index (χ4v) is 3.46. The fourth-order valence-electron chi connectivity index (χ4n) is 3.46. The summed E-state index contributed by atoms with van der Waals surface area (Å²) in [5.41, 5.74) is 5.62. The van der Waals surface area contributed by atoms with Gasteiger partial charge in [0.25, 0.3) is 0 Å². The van der Waals surface area contributed by atoms with E-state index in [2.05, 4.69) is 32.0 Å². The molecule has 0 saturated carbocycles. The number of fused-ring (bicyclic) bond motifs is 1. The van der Waals surface area contributed by atoms with Crippen molar-refractivity contribution >= 4 is 5.91 Å². The van der Waals surface area contributed by atoms with E-state index in [1.54, 1.807) is 6.07 Å². The van der Waals surface area contributed by atoms with Crippen molar-refractivity contribution in [3.63, 3.8) is 0 Å². The van der Waals surface area contributed by atoms with Gasteiger partial charge in [-0.3, -0.25) is 4.79 Å². The van der Waals surface area contributed by atoms with Crippen molar-refractivity contribution in [3.8, 4) is 5.75 Å². The van der Waals surface area contributed by atoms with Gasteiger partial charge in [-0.05, 0) is 49.4 Å². The van der Waals surface area contributed by atoms with Crippen LogP contribution in [0.3, 0.4) is 0 Å². The Bertz CT molecular complexity index is 716. The van der Waals surface area contributed by atoms with Crippen molar-refractivity contribution in [2.45, 2.75) is 33.1 Å². The van der Waals surface area contributed by atoms with Crippen molar-refractivity contribution in [1.82, 2.24) is 4.90 Å². The minimum atomic E-state index is 0.169. The molecule has 0 radical (unpaired) electrons. The number of carbonyl (C=O) groups excluding carboxylic acids is 1. The van der Waals surface area contributed by atoms with E-state index in [1.807, 2.05) is 17.0 Å². The van der Waals surface area contributed by atoms with Gasteiger partial charge < -0.3 is 10.0 Å². The first kappa shape index (κ1) is 15.6. The number of aromatic hydroxyl groups is 1. The molecule has 0 saturated heterocycles. The van der Waals surface area contributed by atoms with Gasteiger partial charge in [0, 0.05) is 13.1 Å². The van der Waals surface area contributed by atoms with E-state index in [0.717, 1.165) is 36.1 Å². The standard InChI is InChI=1S/C20H23NO2/c1-14-10-15(2)12-16(11-14)13-20(23)21-8-6-17-4-3-5-19(22)18(17)7-9-21/h3-5,10-12,22H,6-9,13H2,1-2H3. The minimum Gasteiger partial charge on any atom is -0.508 e. The molecular weight excluding hydrogens is 286 g/mol. The Balaban J connectivity index is 1.71. The molecule has 2 aromatic rings. The Labute approximate surface area is 137 Å². The quantitative estimate of drug-likeness (QED) is 0.925. The van der Waals surface area contributed by atoms with E-state index >= 15 is 0 Å². The Hall–Kier alpha value is -2.29. The molecule has 0 aliphatic carbocycles. The van der Waals surface area contributed by atoms with Crippen molar-refractivity contribution < 1.29 is 9.90 Å². The number of nitrogens with zero attached hydrogens (tertiary/aromatic N) is 1. The topological polar surface area (TPSA) is 40.5 Å². The second-order valence-electron chi connectivity index (χ2n) is 6.47. The molecule has 1 aliphatic heterocycles. The van der Waals surface area contributed by atoms with Crippen LogP contribution < -0.4 is 0 Å². The third-order valence-electron chi connectivity index (χ3n) is 4.52. The molecule has 3 nitrogen and oxygen atoms in total. The molecule has 23 heavy (non-hydrogen) atoms. The van der Waals surface area contributed by atoms with Gasteiger partial charge in [0.15, 0.2) is 0 Å². The minimum absolute atomic E-state index is 0.169. The summed E-state index contributed by atoms with van der Waals surface area (Å²) in [5.74, 6) is 0.522. The second-order valence-corrected chi connectivity index (χ2v) is 6.47. The number of benzene rings is 2. The largest absolute Gasteiger partial charge is 0.508 e. The predicted molar refractivity (Wildman–Crippen MR) is 91.7 cm³/mol. The maximum absolute atomic E-state index is 12.6. The first-order valence-corrected chi connectivity index (χ1v) is 8.17. The average molecular weight is 309 g/mol. The van der Waals surface area contributed by atoms with Crippen LogP contribution in [0.5, 0.6) is 5.75 Å². The monoisotopic (exact) mass is 309 g/mol. The average Bonchev–Trinajstić information content (AvgIpc) is 2.69. The third-order valence-corrected chi connectivity index (χ3v) is 4.52. The summed E-state index contributed by atoms with van der Waals surface area (Å²) in [6.07, 6.45) is 1.98. The summed E-state index contributed by atoms with van der Waals surface area (Å²) in [4.78, 5) is 14.6. The van der Waals surface area contributed by atoms with Crippen LogP contribution in [0.1, 0.15) is 27.8 Å². The maximum Gasteiger partial charge on any atom is 0.227 e. The van der Waals surface area contributed by atoms with Gasteiger partial charge in [0.2, 0.25) is 5.91 Å². The van der Waals surface area contributed by atoms with Crippen LogP contribution in [0, 0.1) is 13.8 Å².